The van der Waals surface area contributed by atoms with E-state index in [9.17, 15) is 12.8 Å². The van der Waals surface area contributed by atoms with E-state index in [0.29, 0.717) is 12.1 Å². The van der Waals surface area contributed by atoms with Gasteiger partial charge in [-0.3, -0.25) is 0 Å². The number of hydrogen-bond acceptors (Lipinski definition) is 3. The minimum Gasteiger partial charge on any atom is -0.312 e. The summed E-state index contributed by atoms with van der Waals surface area (Å²) in [7, 11) is -2.98. The van der Waals surface area contributed by atoms with Gasteiger partial charge in [-0.2, -0.15) is 0 Å². The fourth-order valence-electron chi connectivity index (χ4n) is 1.17. The lowest BCUT2D eigenvalue weighted by atomic mass is 10.2. The van der Waals surface area contributed by atoms with E-state index in [1.54, 1.807) is 12.1 Å². The zero-order chi connectivity index (χ0) is 12.2. The highest BCUT2D eigenvalue weighted by Crippen LogP contribution is 2.17. The van der Waals surface area contributed by atoms with Crippen molar-refractivity contribution in [1.82, 2.24) is 5.32 Å². The lowest BCUT2D eigenvalue weighted by Gasteiger charge is -2.06. The predicted molar refractivity (Wildman–Crippen MR) is 62.8 cm³/mol. The minimum absolute atomic E-state index is 0.0369. The number of benzene rings is 1. The number of halogens is 2. The molecule has 16 heavy (non-hydrogen) atoms. The SMILES string of the molecule is CS(=O)(=O)CCNCc1cccc(Cl)c1F. The van der Waals surface area contributed by atoms with Gasteiger partial charge in [0.15, 0.2) is 0 Å². The fraction of sp³-hybridized carbons (Fsp3) is 0.400. The Morgan fingerprint density at radius 3 is 2.75 bits per heavy atom. The maximum Gasteiger partial charge on any atom is 0.148 e. The predicted octanol–water partition coefficient (Wildman–Crippen LogP) is 1.61. The van der Waals surface area contributed by atoms with Crippen LogP contribution in [0.3, 0.4) is 0 Å². The highest BCUT2D eigenvalue weighted by Gasteiger charge is 2.06. The third-order valence-electron chi connectivity index (χ3n) is 2.00. The largest absolute Gasteiger partial charge is 0.312 e. The van der Waals surface area contributed by atoms with Crippen molar-refractivity contribution >= 4 is 21.4 Å². The van der Waals surface area contributed by atoms with Crippen molar-refractivity contribution in [1.29, 1.82) is 0 Å². The van der Waals surface area contributed by atoms with E-state index in [-0.39, 0.29) is 17.3 Å². The van der Waals surface area contributed by atoms with Gasteiger partial charge in [-0.1, -0.05) is 23.7 Å². The summed E-state index contributed by atoms with van der Waals surface area (Å²) >= 11 is 5.60. The highest BCUT2D eigenvalue weighted by atomic mass is 35.5. The summed E-state index contributed by atoms with van der Waals surface area (Å²) in [6.45, 7) is 0.562. The van der Waals surface area contributed by atoms with Crippen LogP contribution in [0.25, 0.3) is 0 Å². The molecule has 0 aliphatic carbocycles. The fourth-order valence-corrected chi connectivity index (χ4v) is 1.87. The van der Waals surface area contributed by atoms with Crippen molar-refractivity contribution in [2.24, 2.45) is 0 Å². The van der Waals surface area contributed by atoms with Gasteiger partial charge in [0, 0.05) is 24.9 Å². The van der Waals surface area contributed by atoms with Crippen molar-refractivity contribution in [3.05, 3.63) is 34.6 Å². The normalized spacial score (nSPS) is 11.7. The molecule has 0 fully saturated rings. The van der Waals surface area contributed by atoms with Crippen molar-refractivity contribution in [3.8, 4) is 0 Å². The van der Waals surface area contributed by atoms with Crippen molar-refractivity contribution in [3.63, 3.8) is 0 Å². The molecule has 0 unspecified atom stereocenters. The Balaban J connectivity index is 2.47. The molecule has 1 aromatic rings. The summed E-state index contributed by atoms with van der Waals surface area (Å²) in [6, 6.07) is 4.73. The molecule has 0 aliphatic rings. The van der Waals surface area contributed by atoms with E-state index in [2.05, 4.69) is 5.32 Å². The van der Waals surface area contributed by atoms with Gasteiger partial charge in [0.25, 0.3) is 0 Å². The Kier molecular flexibility index (Phi) is 4.70. The summed E-state index contributed by atoms with van der Waals surface area (Å²) in [6.07, 6.45) is 1.16. The van der Waals surface area contributed by atoms with Crippen LogP contribution in [0, 0.1) is 5.82 Å². The molecule has 1 N–H and O–H groups in total. The number of sulfone groups is 1. The van der Waals surface area contributed by atoms with Gasteiger partial charge in [0.1, 0.15) is 15.7 Å². The Labute approximate surface area is 99.5 Å². The molecule has 0 aromatic heterocycles. The average Bonchev–Trinajstić information content (AvgIpc) is 2.17. The number of hydrogen-bond donors (Lipinski definition) is 1. The quantitative estimate of drug-likeness (QED) is 0.823. The van der Waals surface area contributed by atoms with Gasteiger partial charge in [-0.25, -0.2) is 12.8 Å². The first-order chi connectivity index (χ1) is 7.40. The molecule has 0 radical (unpaired) electrons. The second-order valence-corrected chi connectivity index (χ2v) is 6.19. The van der Waals surface area contributed by atoms with Crippen molar-refractivity contribution in [2.75, 3.05) is 18.6 Å². The van der Waals surface area contributed by atoms with Crippen LogP contribution in [0.15, 0.2) is 18.2 Å². The molecule has 0 heterocycles. The van der Waals surface area contributed by atoms with E-state index >= 15 is 0 Å². The standard InChI is InChI=1S/C10H13ClFNO2S/c1-16(14,15)6-5-13-7-8-3-2-4-9(11)10(8)12/h2-4,13H,5-7H2,1H3. The Morgan fingerprint density at radius 2 is 2.12 bits per heavy atom. The maximum absolute atomic E-state index is 13.4. The van der Waals surface area contributed by atoms with E-state index in [1.807, 2.05) is 0 Å². The van der Waals surface area contributed by atoms with Crippen LogP contribution in [0.5, 0.6) is 0 Å². The van der Waals surface area contributed by atoms with Crippen LogP contribution in [0.1, 0.15) is 5.56 Å². The van der Waals surface area contributed by atoms with E-state index in [1.165, 1.54) is 6.07 Å². The molecule has 0 saturated heterocycles. The number of nitrogens with one attached hydrogen (secondary N) is 1. The van der Waals surface area contributed by atoms with Crippen LogP contribution in [0.4, 0.5) is 4.39 Å². The van der Waals surface area contributed by atoms with Gasteiger partial charge in [0.2, 0.25) is 0 Å². The van der Waals surface area contributed by atoms with E-state index in [0.717, 1.165) is 6.26 Å². The molecule has 3 nitrogen and oxygen atoms in total. The summed E-state index contributed by atoms with van der Waals surface area (Å²) in [5.74, 6) is -0.425. The smallest absolute Gasteiger partial charge is 0.148 e. The van der Waals surface area contributed by atoms with E-state index < -0.39 is 15.7 Å². The third-order valence-corrected chi connectivity index (χ3v) is 3.23. The van der Waals surface area contributed by atoms with Crippen molar-refractivity contribution in [2.45, 2.75) is 6.54 Å². The zero-order valence-electron chi connectivity index (χ0n) is 8.83. The lowest BCUT2D eigenvalue weighted by Crippen LogP contribution is -2.22. The molecule has 90 valence electrons. The molecule has 0 amide bonds. The first kappa shape index (κ1) is 13.4. The second kappa shape index (κ2) is 5.61. The van der Waals surface area contributed by atoms with Crippen LogP contribution < -0.4 is 5.32 Å². The topological polar surface area (TPSA) is 46.2 Å². The summed E-state index contributed by atoms with van der Waals surface area (Å²) in [5.41, 5.74) is 0.431. The maximum atomic E-state index is 13.4. The summed E-state index contributed by atoms with van der Waals surface area (Å²) in [5, 5.41) is 2.92. The number of rotatable bonds is 5. The highest BCUT2D eigenvalue weighted by molar-refractivity contribution is 7.90. The molecule has 0 spiro atoms. The molecular weight excluding hydrogens is 253 g/mol. The van der Waals surface area contributed by atoms with E-state index in [4.69, 9.17) is 11.6 Å². The van der Waals surface area contributed by atoms with Gasteiger partial charge in [0.05, 0.1) is 10.8 Å². The Bertz CT molecular complexity index is 462. The molecule has 0 atom stereocenters. The first-order valence-corrected chi connectivity index (χ1v) is 7.15. The summed E-state index contributed by atoms with van der Waals surface area (Å²) < 4.78 is 35.0. The molecule has 6 heteroatoms. The third kappa shape index (κ3) is 4.47. The monoisotopic (exact) mass is 265 g/mol. The van der Waals surface area contributed by atoms with Crippen LogP contribution in [0.2, 0.25) is 5.02 Å². The molecule has 0 saturated carbocycles. The zero-order valence-corrected chi connectivity index (χ0v) is 10.4. The van der Waals surface area contributed by atoms with Gasteiger partial charge in [-0.05, 0) is 6.07 Å². The average molecular weight is 266 g/mol. The Morgan fingerprint density at radius 1 is 1.44 bits per heavy atom. The molecule has 1 aromatic carbocycles. The molecule has 0 bridgehead atoms. The Hall–Kier alpha value is -0.650. The lowest BCUT2D eigenvalue weighted by molar-refractivity contribution is 0.585. The second-order valence-electron chi connectivity index (χ2n) is 3.52. The minimum atomic E-state index is -2.98. The van der Waals surface area contributed by atoms with Crippen LogP contribution >= 0.6 is 11.6 Å². The molecular formula is C10H13ClFNO2S. The van der Waals surface area contributed by atoms with Gasteiger partial charge in [-0.15, -0.1) is 0 Å². The van der Waals surface area contributed by atoms with Gasteiger partial charge >= 0.3 is 0 Å². The van der Waals surface area contributed by atoms with Crippen LogP contribution in [-0.2, 0) is 16.4 Å². The van der Waals surface area contributed by atoms with Crippen LogP contribution in [-0.4, -0.2) is 27.0 Å². The first-order valence-electron chi connectivity index (χ1n) is 4.71. The molecule has 1 rings (SSSR count). The molecule has 0 aliphatic heterocycles. The van der Waals surface area contributed by atoms with Gasteiger partial charge < -0.3 is 5.32 Å². The van der Waals surface area contributed by atoms with Crippen molar-refractivity contribution < 1.29 is 12.8 Å². The summed E-state index contributed by atoms with van der Waals surface area (Å²) in [4.78, 5) is 0.